The van der Waals surface area contributed by atoms with Crippen molar-refractivity contribution in [2.24, 2.45) is 0 Å². The van der Waals surface area contributed by atoms with Gasteiger partial charge in [-0.05, 0) is 53.5 Å². The van der Waals surface area contributed by atoms with Crippen LogP contribution in [0.1, 0.15) is 42.4 Å². The van der Waals surface area contributed by atoms with E-state index in [1.165, 1.54) is 19.4 Å². The summed E-state index contributed by atoms with van der Waals surface area (Å²) in [6.45, 7) is 3.88. The van der Waals surface area contributed by atoms with Gasteiger partial charge in [0.15, 0.2) is 18.1 Å². The van der Waals surface area contributed by atoms with Crippen LogP contribution in [0.15, 0.2) is 39.4 Å². The van der Waals surface area contributed by atoms with Crippen molar-refractivity contribution in [2.45, 2.75) is 26.3 Å². The van der Waals surface area contributed by atoms with Gasteiger partial charge in [-0.2, -0.15) is 0 Å². The Balaban J connectivity index is 1.97. The van der Waals surface area contributed by atoms with Gasteiger partial charge in [-0.3, -0.25) is 4.79 Å². The molecule has 2 rings (SSSR count). The molecule has 0 aliphatic carbocycles. The minimum Gasteiger partial charge on any atom is -0.493 e. The molecule has 7 nitrogen and oxygen atoms in total. The number of nitrogens with one attached hydrogen (secondary N) is 1. The summed E-state index contributed by atoms with van der Waals surface area (Å²) >= 11 is 3.37. The molecular formula is C19H22BrNO6. The molecule has 1 unspecified atom stereocenters. The fraction of sp³-hybridized carbons (Fsp3) is 0.368. The quantitative estimate of drug-likeness (QED) is 0.596. The summed E-state index contributed by atoms with van der Waals surface area (Å²) in [5, 5.41) is 2.69. The van der Waals surface area contributed by atoms with Gasteiger partial charge in [0.05, 0.1) is 36.1 Å². The van der Waals surface area contributed by atoms with Crippen LogP contribution in [0.25, 0.3) is 0 Å². The highest BCUT2D eigenvalue weighted by Crippen LogP contribution is 2.37. The van der Waals surface area contributed by atoms with Crippen LogP contribution < -0.4 is 14.8 Å². The van der Waals surface area contributed by atoms with Crippen LogP contribution in [-0.4, -0.2) is 32.2 Å². The summed E-state index contributed by atoms with van der Waals surface area (Å²) < 4.78 is 21.8. The Morgan fingerprint density at radius 1 is 1.33 bits per heavy atom. The lowest BCUT2D eigenvalue weighted by atomic mass is 10.2. The first-order chi connectivity index (χ1) is 13.0. The summed E-state index contributed by atoms with van der Waals surface area (Å²) in [5.41, 5.74) is 0.245. The van der Waals surface area contributed by atoms with Crippen molar-refractivity contribution in [3.63, 3.8) is 0 Å². The van der Waals surface area contributed by atoms with E-state index in [2.05, 4.69) is 21.2 Å². The van der Waals surface area contributed by atoms with Gasteiger partial charge in [0.1, 0.15) is 5.76 Å². The number of hydrogen-bond acceptors (Lipinski definition) is 6. The molecule has 1 amide bonds. The average molecular weight is 440 g/mol. The summed E-state index contributed by atoms with van der Waals surface area (Å²) in [4.78, 5) is 24.2. The van der Waals surface area contributed by atoms with Crippen LogP contribution in [0.5, 0.6) is 11.5 Å². The number of carbonyl (C=O) groups is 2. The fourth-order valence-electron chi connectivity index (χ4n) is 2.29. The topological polar surface area (TPSA) is 87.0 Å². The Morgan fingerprint density at radius 2 is 2.11 bits per heavy atom. The molecule has 2 aromatic rings. The zero-order chi connectivity index (χ0) is 19.8. The van der Waals surface area contributed by atoms with Crippen molar-refractivity contribution in [1.29, 1.82) is 0 Å². The molecule has 1 aromatic heterocycles. The molecule has 0 saturated carbocycles. The largest absolute Gasteiger partial charge is 0.493 e. The van der Waals surface area contributed by atoms with Gasteiger partial charge in [-0.25, -0.2) is 4.79 Å². The number of rotatable bonds is 9. The van der Waals surface area contributed by atoms with Gasteiger partial charge in [-0.15, -0.1) is 0 Å². The molecular weight excluding hydrogens is 418 g/mol. The number of carbonyl (C=O) groups excluding carboxylic acids is 2. The number of ether oxygens (including phenoxy) is 3. The normalized spacial score (nSPS) is 11.6. The second-order valence-electron chi connectivity index (χ2n) is 5.72. The van der Waals surface area contributed by atoms with Crippen LogP contribution in [0, 0.1) is 0 Å². The Bertz CT molecular complexity index is 775. The first-order valence-electron chi connectivity index (χ1n) is 8.46. The van der Waals surface area contributed by atoms with Gasteiger partial charge in [-0.1, -0.05) is 6.92 Å². The summed E-state index contributed by atoms with van der Waals surface area (Å²) in [6, 6.07) is 6.25. The Kier molecular flexibility index (Phi) is 7.72. The van der Waals surface area contributed by atoms with E-state index in [1.807, 2.05) is 6.92 Å². The number of benzene rings is 1. The maximum atomic E-state index is 12.3. The van der Waals surface area contributed by atoms with E-state index in [1.54, 1.807) is 25.1 Å². The predicted octanol–water partition coefficient (Wildman–Crippen LogP) is 3.87. The second kappa shape index (κ2) is 10.0. The van der Waals surface area contributed by atoms with Crippen LogP contribution in [-0.2, 0) is 9.53 Å². The molecule has 146 valence electrons. The van der Waals surface area contributed by atoms with Gasteiger partial charge < -0.3 is 23.9 Å². The molecule has 1 N–H and O–H groups in total. The number of furan rings is 1. The first kappa shape index (κ1) is 20.8. The Hall–Kier alpha value is -2.48. The second-order valence-corrected chi connectivity index (χ2v) is 6.57. The fourth-order valence-corrected chi connectivity index (χ4v) is 2.84. The van der Waals surface area contributed by atoms with E-state index in [4.69, 9.17) is 18.6 Å². The number of esters is 1. The SMILES string of the molecule is CCCOc1c(Br)cc(C(=O)OCC(=O)NC(C)c2ccco2)cc1OC. The highest BCUT2D eigenvalue weighted by atomic mass is 79.9. The van der Waals surface area contributed by atoms with Gasteiger partial charge in [0.25, 0.3) is 5.91 Å². The van der Waals surface area contributed by atoms with E-state index in [0.717, 1.165) is 6.42 Å². The van der Waals surface area contributed by atoms with Crippen molar-refractivity contribution >= 4 is 27.8 Å². The van der Waals surface area contributed by atoms with Gasteiger partial charge in [0.2, 0.25) is 0 Å². The third-order valence-corrected chi connectivity index (χ3v) is 4.19. The predicted molar refractivity (Wildman–Crippen MR) is 102 cm³/mol. The lowest BCUT2D eigenvalue weighted by Crippen LogP contribution is -2.31. The molecule has 1 aromatic carbocycles. The zero-order valence-electron chi connectivity index (χ0n) is 15.4. The summed E-state index contributed by atoms with van der Waals surface area (Å²) in [5.74, 6) is 0.464. The van der Waals surface area contributed by atoms with Crippen LogP contribution in [0.3, 0.4) is 0 Å². The smallest absolute Gasteiger partial charge is 0.338 e. The molecule has 0 spiro atoms. The average Bonchev–Trinajstić information content (AvgIpc) is 3.19. The highest BCUT2D eigenvalue weighted by Gasteiger charge is 2.18. The maximum absolute atomic E-state index is 12.3. The van der Waals surface area contributed by atoms with Crippen molar-refractivity contribution in [1.82, 2.24) is 5.32 Å². The molecule has 0 fully saturated rings. The standard InChI is InChI=1S/C19H22BrNO6/c1-4-7-26-18-14(20)9-13(10-16(18)24-3)19(23)27-11-17(22)21-12(2)15-6-5-8-25-15/h5-6,8-10,12H,4,7,11H2,1-3H3,(H,21,22). The summed E-state index contributed by atoms with van der Waals surface area (Å²) in [6.07, 6.45) is 2.36. The van der Waals surface area contributed by atoms with E-state index in [0.29, 0.717) is 28.3 Å². The minimum absolute atomic E-state index is 0.245. The third kappa shape index (κ3) is 5.75. The number of amides is 1. The number of halogens is 1. The van der Waals surface area contributed by atoms with Crippen LogP contribution >= 0.6 is 15.9 Å². The maximum Gasteiger partial charge on any atom is 0.338 e. The summed E-state index contributed by atoms with van der Waals surface area (Å²) in [7, 11) is 1.49. The van der Waals surface area contributed by atoms with Gasteiger partial charge in [0, 0.05) is 0 Å². The number of hydrogen-bond donors (Lipinski definition) is 1. The number of methoxy groups -OCH3 is 1. The molecule has 0 saturated heterocycles. The lowest BCUT2D eigenvalue weighted by Gasteiger charge is -2.14. The molecule has 0 radical (unpaired) electrons. The van der Waals surface area contributed by atoms with E-state index >= 15 is 0 Å². The van der Waals surface area contributed by atoms with Crippen molar-refractivity contribution in [2.75, 3.05) is 20.3 Å². The molecule has 1 atom stereocenters. The van der Waals surface area contributed by atoms with E-state index in [-0.39, 0.29) is 11.6 Å². The Labute approximate surface area is 166 Å². The molecule has 0 aliphatic rings. The minimum atomic E-state index is -0.642. The zero-order valence-corrected chi connectivity index (χ0v) is 17.0. The van der Waals surface area contributed by atoms with Crippen LogP contribution in [0.2, 0.25) is 0 Å². The lowest BCUT2D eigenvalue weighted by molar-refractivity contribution is -0.125. The third-order valence-electron chi connectivity index (χ3n) is 3.60. The van der Waals surface area contributed by atoms with E-state index < -0.39 is 18.5 Å². The first-order valence-corrected chi connectivity index (χ1v) is 9.25. The molecule has 27 heavy (non-hydrogen) atoms. The van der Waals surface area contributed by atoms with Crippen molar-refractivity contribution < 1.29 is 28.2 Å². The monoisotopic (exact) mass is 439 g/mol. The van der Waals surface area contributed by atoms with Crippen LogP contribution in [0.4, 0.5) is 0 Å². The van der Waals surface area contributed by atoms with Crippen molar-refractivity contribution in [3.05, 3.63) is 46.3 Å². The van der Waals surface area contributed by atoms with Gasteiger partial charge >= 0.3 is 5.97 Å². The molecule has 8 heteroatoms. The molecule has 1 heterocycles. The molecule has 0 bridgehead atoms. The highest BCUT2D eigenvalue weighted by molar-refractivity contribution is 9.10. The Morgan fingerprint density at radius 3 is 2.74 bits per heavy atom. The molecule has 0 aliphatic heterocycles. The van der Waals surface area contributed by atoms with Crippen molar-refractivity contribution in [3.8, 4) is 11.5 Å². The van der Waals surface area contributed by atoms with E-state index in [9.17, 15) is 9.59 Å².